The molecule has 3 heteroatoms. The van der Waals surface area contributed by atoms with Crippen LogP contribution >= 0.6 is 11.6 Å². The Bertz CT molecular complexity index is 580. The summed E-state index contributed by atoms with van der Waals surface area (Å²) in [6.45, 7) is 0.558. The van der Waals surface area contributed by atoms with Gasteiger partial charge in [-0.3, -0.25) is 0 Å². The minimum Gasteiger partial charge on any atom is -0.489 e. The molecule has 0 radical (unpaired) electrons. The maximum Gasteiger partial charge on any atom is 0.120 e. The van der Waals surface area contributed by atoms with Crippen molar-refractivity contribution in [3.05, 3.63) is 64.2 Å². The molecule has 0 spiro atoms. The molecule has 0 aliphatic heterocycles. The third kappa shape index (κ3) is 2.75. The molecule has 98 valence electrons. The molecule has 1 atom stereocenters. The van der Waals surface area contributed by atoms with Gasteiger partial charge in [-0.1, -0.05) is 29.8 Å². The van der Waals surface area contributed by atoms with E-state index in [0.29, 0.717) is 6.61 Å². The molecule has 3 rings (SSSR count). The van der Waals surface area contributed by atoms with Gasteiger partial charge in [0.1, 0.15) is 12.4 Å². The van der Waals surface area contributed by atoms with Crippen molar-refractivity contribution in [3.8, 4) is 5.75 Å². The molecule has 1 aliphatic rings. The van der Waals surface area contributed by atoms with Crippen LogP contribution in [0.2, 0.25) is 5.02 Å². The number of hydrogen-bond donors (Lipinski definition) is 1. The van der Waals surface area contributed by atoms with Crippen LogP contribution in [0.4, 0.5) is 0 Å². The first-order valence-electron chi connectivity index (χ1n) is 6.48. The first-order chi connectivity index (χ1) is 9.22. The Balaban J connectivity index is 1.69. The summed E-state index contributed by atoms with van der Waals surface area (Å²) in [7, 11) is 0. The lowest BCUT2D eigenvalue weighted by atomic mass is 10.1. The summed E-state index contributed by atoms with van der Waals surface area (Å²) < 4.78 is 5.81. The van der Waals surface area contributed by atoms with Crippen LogP contribution in [-0.2, 0) is 13.0 Å². The molecule has 2 aromatic rings. The van der Waals surface area contributed by atoms with E-state index in [1.165, 1.54) is 11.1 Å². The number of hydrogen-bond acceptors (Lipinski definition) is 2. The van der Waals surface area contributed by atoms with E-state index in [1.54, 1.807) is 0 Å². The zero-order valence-corrected chi connectivity index (χ0v) is 11.4. The standard InChI is InChI=1S/C16H16ClNO/c17-13-4-1-11(2-5-13)10-19-14-6-7-15-12(9-14)3-8-16(15)18/h1-2,4-7,9,16H,3,8,10,18H2/t16-/m1/s1. The van der Waals surface area contributed by atoms with E-state index in [1.807, 2.05) is 30.3 Å². The Morgan fingerprint density at radius 2 is 1.95 bits per heavy atom. The SMILES string of the molecule is N[C@@H]1CCc2cc(OCc3ccc(Cl)cc3)ccc21. The number of halogens is 1. The van der Waals surface area contributed by atoms with Crippen molar-refractivity contribution in [1.29, 1.82) is 0 Å². The largest absolute Gasteiger partial charge is 0.489 e. The van der Waals surface area contributed by atoms with E-state index in [4.69, 9.17) is 22.1 Å². The molecule has 1 aliphatic carbocycles. The van der Waals surface area contributed by atoms with E-state index >= 15 is 0 Å². The molecule has 2 aromatic carbocycles. The predicted molar refractivity (Wildman–Crippen MR) is 77.5 cm³/mol. The lowest BCUT2D eigenvalue weighted by molar-refractivity contribution is 0.306. The summed E-state index contributed by atoms with van der Waals surface area (Å²) in [6.07, 6.45) is 2.09. The van der Waals surface area contributed by atoms with Gasteiger partial charge in [-0.05, 0) is 53.8 Å². The Morgan fingerprint density at radius 3 is 2.74 bits per heavy atom. The molecule has 2 N–H and O–H groups in total. The number of ether oxygens (including phenoxy) is 1. The molecule has 2 nitrogen and oxygen atoms in total. The van der Waals surface area contributed by atoms with E-state index in [2.05, 4.69) is 12.1 Å². The fourth-order valence-corrected chi connectivity index (χ4v) is 2.59. The van der Waals surface area contributed by atoms with Crippen LogP contribution in [0.15, 0.2) is 42.5 Å². The van der Waals surface area contributed by atoms with E-state index in [0.717, 1.165) is 29.2 Å². The molecule has 0 heterocycles. The summed E-state index contributed by atoms with van der Waals surface area (Å²) in [5.74, 6) is 0.905. The second-order valence-corrected chi connectivity index (χ2v) is 5.36. The van der Waals surface area contributed by atoms with Crippen LogP contribution in [0.25, 0.3) is 0 Å². The van der Waals surface area contributed by atoms with Crippen molar-refractivity contribution in [2.45, 2.75) is 25.5 Å². The summed E-state index contributed by atoms with van der Waals surface area (Å²) >= 11 is 5.85. The average molecular weight is 274 g/mol. The van der Waals surface area contributed by atoms with Gasteiger partial charge in [0.05, 0.1) is 0 Å². The molecule has 0 amide bonds. The third-order valence-corrected chi connectivity index (χ3v) is 3.81. The van der Waals surface area contributed by atoms with Crippen molar-refractivity contribution in [3.63, 3.8) is 0 Å². The molecule has 0 bridgehead atoms. The van der Waals surface area contributed by atoms with Crippen molar-refractivity contribution >= 4 is 11.6 Å². The lowest BCUT2D eigenvalue weighted by Crippen LogP contribution is -2.05. The zero-order chi connectivity index (χ0) is 13.2. The first-order valence-corrected chi connectivity index (χ1v) is 6.86. The highest BCUT2D eigenvalue weighted by molar-refractivity contribution is 6.30. The topological polar surface area (TPSA) is 35.2 Å². The number of rotatable bonds is 3. The summed E-state index contributed by atoms with van der Waals surface area (Å²) in [5.41, 5.74) is 9.72. The summed E-state index contributed by atoms with van der Waals surface area (Å²) in [6, 6.07) is 14.1. The van der Waals surface area contributed by atoms with Crippen LogP contribution in [0.1, 0.15) is 29.2 Å². The maximum absolute atomic E-state index is 6.02. The van der Waals surface area contributed by atoms with E-state index in [-0.39, 0.29) is 6.04 Å². The van der Waals surface area contributed by atoms with Gasteiger partial charge in [-0.15, -0.1) is 0 Å². The first kappa shape index (κ1) is 12.5. The number of benzene rings is 2. The molecule has 0 fully saturated rings. The van der Waals surface area contributed by atoms with E-state index < -0.39 is 0 Å². The molecule has 19 heavy (non-hydrogen) atoms. The van der Waals surface area contributed by atoms with Crippen LogP contribution in [0, 0.1) is 0 Å². The monoisotopic (exact) mass is 273 g/mol. The van der Waals surface area contributed by atoms with Gasteiger partial charge in [-0.2, -0.15) is 0 Å². The minimum atomic E-state index is 0.195. The lowest BCUT2D eigenvalue weighted by Gasteiger charge is -2.09. The second kappa shape index (κ2) is 5.24. The normalized spacial score (nSPS) is 17.3. The number of fused-ring (bicyclic) bond motifs is 1. The molecule has 0 aromatic heterocycles. The van der Waals surface area contributed by atoms with Gasteiger partial charge in [0.2, 0.25) is 0 Å². The molecule has 0 saturated heterocycles. The van der Waals surface area contributed by atoms with Crippen LogP contribution < -0.4 is 10.5 Å². The Hall–Kier alpha value is -1.51. The number of nitrogens with two attached hydrogens (primary N) is 1. The van der Waals surface area contributed by atoms with Crippen LogP contribution in [0.5, 0.6) is 5.75 Å². The van der Waals surface area contributed by atoms with Gasteiger partial charge in [-0.25, -0.2) is 0 Å². The zero-order valence-electron chi connectivity index (χ0n) is 10.6. The van der Waals surface area contributed by atoms with Crippen LogP contribution in [0.3, 0.4) is 0 Å². The summed E-state index contributed by atoms with van der Waals surface area (Å²) in [4.78, 5) is 0. The van der Waals surface area contributed by atoms with Crippen molar-refractivity contribution in [2.24, 2.45) is 5.73 Å². The predicted octanol–water partition coefficient (Wildman–Crippen LogP) is 3.87. The van der Waals surface area contributed by atoms with Gasteiger partial charge >= 0.3 is 0 Å². The van der Waals surface area contributed by atoms with Gasteiger partial charge in [0, 0.05) is 11.1 Å². The minimum absolute atomic E-state index is 0.195. The molecule has 0 unspecified atom stereocenters. The molecular weight excluding hydrogens is 258 g/mol. The van der Waals surface area contributed by atoms with Crippen molar-refractivity contribution < 1.29 is 4.74 Å². The fourth-order valence-electron chi connectivity index (χ4n) is 2.46. The van der Waals surface area contributed by atoms with Gasteiger partial charge < -0.3 is 10.5 Å². The highest BCUT2D eigenvalue weighted by atomic mass is 35.5. The maximum atomic E-state index is 6.02. The highest BCUT2D eigenvalue weighted by Crippen LogP contribution is 2.32. The van der Waals surface area contributed by atoms with Crippen molar-refractivity contribution in [1.82, 2.24) is 0 Å². The summed E-state index contributed by atoms with van der Waals surface area (Å²) in [5, 5.41) is 0.746. The van der Waals surface area contributed by atoms with Crippen LogP contribution in [-0.4, -0.2) is 0 Å². The number of aryl methyl sites for hydroxylation is 1. The highest BCUT2D eigenvalue weighted by Gasteiger charge is 2.18. The quantitative estimate of drug-likeness (QED) is 0.921. The third-order valence-electron chi connectivity index (χ3n) is 3.56. The Labute approximate surface area is 118 Å². The van der Waals surface area contributed by atoms with Gasteiger partial charge in [0.15, 0.2) is 0 Å². The Kier molecular flexibility index (Phi) is 3.45. The average Bonchev–Trinajstić information content (AvgIpc) is 2.79. The second-order valence-electron chi connectivity index (χ2n) is 4.92. The van der Waals surface area contributed by atoms with E-state index in [9.17, 15) is 0 Å². The molecule has 0 saturated carbocycles. The fraction of sp³-hybridized carbons (Fsp3) is 0.250. The van der Waals surface area contributed by atoms with Gasteiger partial charge in [0.25, 0.3) is 0 Å². The smallest absolute Gasteiger partial charge is 0.120 e. The Morgan fingerprint density at radius 1 is 1.16 bits per heavy atom. The molecular formula is C16H16ClNO. The van der Waals surface area contributed by atoms with Crippen molar-refractivity contribution in [2.75, 3.05) is 0 Å².